The molecule has 0 atom stereocenters. The van der Waals surface area contributed by atoms with Crippen molar-refractivity contribution in [2.24, 2.45) is 0 Å². The van der Waals surface area contributed by atoms with Crippen molar-refractivity contribution in [3.8, 4) is 0 Å². The molecule has 0 aliphatic carbocycles. The molecule has 2 heterocycles. The van der Waals surface area contributed by atoms with Crippen LogP contribution in [-0.2, 0) is 17.9 Å². The molecule has 1 aromatic carbocycles. The molecule has 0 unspecified atom stereocenters. The Balaban J connectivity index is 1.52. The van der Waals surface area contributed by atoms with Crippen LogP contribution in [0.4, 0.5) is 0 Å². The van der Waals surface area contributed by atoms with E-state index in [9.17, 15) is 14.4 Å². The number of aromatic amines is 1. The van der Waals surface area contributed by atoms with Crippen molar-refractivity contribution in [1.29, 1.82) is 0 Å². The summed E-state index contributed by atoms with van der Waals surface area (Å²) in [5, 5.41) is 5.33. The lowest BCUT2D eigenvalue weighted by atomic mass is 10.2. The predicted octanol–water partition coefficient (Wildman–Crippen LogP) is 2.24. The van der Waals surface area contributed by atoms with E-state index in [1.54, 1.807) is 35.6 Å². The number of H-pyrrole nitrogens is 1. The van der Waals surface area contributed by atoms with E-state index in [1.165, 1.54) is 4.57 Å². The maximum atomic E-state index is 12.4. The van der Waals surface area contributed by atoms with Crippen molar-refractivity contribution in [3.05, 3.63) is 67.5 Å². The Labute approximate surface area is 148 Å². The van der Waals surface area contributed by atoms with Crippen LogP contribution in [0.25, 0.3) is 10.9 Å². The van der Waals surface area contributed by atoms with Crippen molar-refractivity contribution in [1.82, 2.24) is 14.9 Å². The molecule has 3 rings (SSSR count). The minimum absolute atomic E-state index is 0.0202. The maximum Gasteiger partial charge on any atom is 0.328 e. The molecule has 6 nitrogen and oxygen atoms in total. The highest BCUT2D eigenvalue weighted by molar-refractivity contribution is 7.09. The van der Waals surface area contributed by atoms with Gasteiger partial charge in [-0.2, -0.15) is 0 Å². The molecule has 130 valence electrons. The quantitative estimate of drug-likeness (QED) is 0.636. The highest BCUT2D eigenvalue weighted by atomic mass is 32.1. The molecule has 2 N–H and O–H groups in total. The lowest BCUT2D eigenvalue weighted by Gasteiger charge is -2.07. The van der Waals surface area contributed by atoms with Gasteiger partial charge in [-0.05, 0) is 36.4 Å². The zero-order valence-corrected chi connectivity index (χ0v) is 14.5. The summed E-state index contributed by atoms with van der Waals surface area (Å²) >= 11 is 1.60. The van der Waals surface area contributed by atoms with Crippen LogP contribution < -0.4 is 16.6 Å². The van der Waals surface area contributed by atoms with Crippen LogP contribution >= 0.6 is 11.3 Å². The Morgan fingerprint density at radius 1 is 1.12 bits per heavy atom. The first kappa shape index (κ1) is 17.2. The SMILES string of the molecule is O=C(CCCCn1c(=O)[nH]c2ccccc2c1=O)NCc1cccs1. The van der Waals surface area contributed by atoms with Gasteiger partial charge in [0.2, 0.25) is 5.91 Å². The molecule has 0 radical (unpaired) electrons. The van der Waals surface area contributed by atoms with Gasteiger partial charge in [-0.1, -0.05) is 18.2 Å². The summed E-state index contributed by atoms with van der Waals surface area (Å²) in [6.07, 6.45) is 1.59. The number of nitrogens with zero attached hydrogens (tertiary/aromatic N) is 1. The van der Waals surface area contributed by atoms with Crippen molar-refractivity contribution < 1.29 is 4.79 Å². The highest BCUT2D eigenvalue weighted by Gasteiger charge is 2.07. The van der Waals surface area contributed by atoms with E-state index in [0.29, 0.717) is 43.3 Å². The van der Waals surface area contributed by atoms with Gasteiger partial charge in [-0.25, -0.2) is 4.79 Å². The third-order valence-electron chi connectivity index (χ3n) is 3.96. The van der Waals surface area contributed by atoms with E-state index >= 15 is 0 Å². The largest absolute Gasteiger partial charge is 0.351 e. The number of thiophene rings is 1. The van der Waals surface area contributed by atoms with E-state index < -0.39 is 5.69 Å². The van der Waals surface area contributed by atoms with Crippen LogP contribution in [0, 0.1) is 0 Å². The van der Waals surface area contributed by atoms with Crippen LogP contribution in [0.1, 0.15) is 24.1 Å². The van der Waals surface area contributed by atoms with Gasteiger partial charge in [0, 0.05) is 17.8 Å². The second-order valence-corrected chi connectivity index (χ2v) is 6.78. The molecule has 1 amide bonds. The molecule has 2 aromatic heterocycles. The Hall–Kier alpha value is -2.67. The number of unbranched alkanes of at least 4 members (excludes halogenated alkanes) is 1. The van der Waals surface area contributed by atoms with E-state index in [-0.39, 0.29) is 11.5 Å². The number of benzene rings is 1. The first-order chi connectivity index (χ1) is 12.1. The van der Waals surface area contributed by atoms with Crippen LogP contribution in [0.5, 0.6) is 0 Å². The Morgan fingerprint density at radius 3 is 2.76 bits per heavy atom. The number of hydrogen-bond donors (Lipinski definition) is 2. The first-order valence-electron chi connectivity index (χ1n) is 8.16. The van der Waals surface area contributed by atoms with Crippen molar-refractivity contribution in [2.45, 2.75) is 32.4 Å². The summed E-state index contributed by atoms with van der Waals surface area (Å²) in [5.74, 6) is -0.0202. The van der Waals surface area contributed by atoms with E-state index in [0.717, 1.165) is 4.88 Å². The molecule has 0 aliphatic rings. The maximum absolute atomic E-state index is 12.4. The zero-order chi connectivity index (χ0) is 17.6. The monoisotopic (exact) mass is 357 g/mol. The second kappa shape index (κ2) is 7.94. The number of para-hydroxylation sites is 1. The molecule has 0 aliphatic heterocycles. The molecular formula is C18H19N3O3S. The van der Waals surface area contributed by atoms with Crippen LogP contribution in [-0.4, -0.2) is 15.5 Å². The summed E-state index contributed by atoms with van der Waals surface area (Å²) in [6, 6.07) is 10.9. The Kier molecular flexibility index (Phi) is 5.45. The standard InChI is InChI=1S/C18H19N3O3S/c22-16(19-12-13-6-5-11-25-13)9-3-4-10-21-17(23)14-7-1-2-8-15(14)20-18(21)24/h1-2,5-8,11H,3-4,9-10,12H2,(H,19,22)(H,20,24). The van der Waals surface area contributed by atoms with Gasteiger partial charge in [-0.3, -0.25) is 14.2 Å². The molecule has 0 fully saturated rings. The lowest BCUT2D eigenvalue weighted by molar-refractivity contribution is -0.121. The van der Waals surface area contributed by atoms with Gasteiger partial charge < -0.3 is 10.3 Å². The number of hydrogen-bond acceptors (Lipinski definition) is 4. The fraction of sp³-hybridized carbons (Fsp3) is 0.278. The van der Waals surface area contributed by atoms with Gasteiger partial charge >= 0.3 is 5.69 Å². The molecule has 3 aromatic rings. The average Bonchev–Trinajstić information content (AvgIpc) is 3.12. The third-order valence-corrected chi connectivity index (χ3v) is 4.84. The molecule has 0 bridgehead atoms. The van der Waals surface area contributed by atoms with Gasteiger partial charge in [0.15, 0.2) is 0 Å². The predicted molar refractivity (Wildman–Crippen MR) is 98.8 cm³/mol. The van der Waals surface area contributed by atoms with Gasteiger partial charge in [-0.15, -0.1) is 11.3 Å². The van der Waals surface area contributed by atoms with Crippen molar-refractivity contribution in [3.63, 3.8) is 0 Å². The molecule has 7 heteroatoms. The Bertz CT molecular complexity index is 973. The first-order valence-corrected chi connectivity index (χ1v) is 9.04. The number of nitrogens with one attached hydrogen (secondary N) is 2. The van der Waals surface area contributed by atoms with E-state index in [4.69, 9.17) is 0 Å². The summed E-state index contributed by atoms with van der Waals surface area (Å²) in [7, 11) is 0. The molecule has 0 spiro atoms. The van der Waals surface area contributed by atoms with Crippen molar-refractivity contribution in [2.75, 3.05) is 0 Å². The fourth-order valence-electron chi connectivity index (χ4n) is 2.64. The molecule has 0 saturated heterocycles. The van der Waals surface area contributed by atoms with Gasteiger partial charge in [0.1, 0.15) is 0 Å². The third kappa shape index (κ3) is 4.24. The number of aromatic nitrogens is 2. The zero-order valence-electron chi connectivity index (χ0n) is 13.7. The minimum Gasteiger partial charge on any atom is -0.351 e. The summed E-state index contributed by atoms with van der Waals surface area (Å²) in [5.41, 5.74) is -0.158. The van der Waals surface area contributed by atoms with E-state index in [1.807, 2.05) is 17.5 Å². The smallest absolute Gasteiger partial charge is 0.328 e. The number of carbonyl (C=O) groups excluding carboxylic acids is 1. The molecule has 25 heavy (non-hydrogen) atoms. The molecule has 0 saturated carbocycles. The average molecular weight is 357 g/mol. The van der Waals surface area contributed by atoms with Crippen LogP contribution in [0.3, 0.4) is 0 Å². The van der Waals surface area contributed by atoms with Gasteiger partial charge in [0.25, 0.3) is 5.56 Å². The van der Waals surface area contributed by atoms with E-state index in [2.05, 4.69) is 10.3 Å². The minimum atomic E-state index is -0.411. The van der Waals surface area contributed by atoms with Crippen LogP contribution in [0.15, 0.2) is 51.4 Å². The summed E-state index contributed by atoms with van der Waals surface area (Å²) in [4.78, 5) is 40.1. The summed E-state index contributed by atoms with van der Waals surface area (Å²) < 4.78 is 1.20. The van der Waals surface area contributed by atoms with Crippen molar-refractivity contribution >= 4 is 28.1 Å². The Morgan fingerprint density at radius 2 is 1.96 bits per heavy atom. The van der Waals surface area contributed by atoms with Gasteiger partial charge in [0.05, 0.1) is 17.4 Å². The highest BCUT2D eigenvalue weighted by Crippen LogP contribution is 2.08. The fourth-order valence-corrected chi connectivity index (χ4v) is 3.29. The topological polar surface area (TPSA) is 84.0 Å². The summed E-state index contributed by atoms with van der Waals surface area (Å²) in [6.45, 7) is 0.845. The molecular weight excluding hydrogens is 338 g/mol. The number of amides is 1. The second-order valence-electron chi connectivity index (χ2n) is 5.75. The number of carbonyl (C=O) groups is 1. The normalized spacial score (nSPS) is 10.9. The lowest BCUT2D eigenvalue weighted by Crippen LogP contribution is -2.35. The number of fused-ring (bicyclic) bond motifs is 1. The van der Waals surface area contributed by atoms with Crippen LogP contribution in [0.2, 0.25) is 0 Å². The number of rotatable bonds is 7.